The van der Waals surface area contributed by atoms with E-state index in [9.17, 15) is 0 Å². The number of nitrogens with zero attached hydrogens (tertiary/aromatic N) is 1. The highest BCUT2D eigenvalue weighted by molar-refractivity contribution is 5.25. The zero-order valence-electron chi connectivity index (χ0n) is 11.9. The molecule has 0 atom stereocenters. The second-order valence-corrected chi connectivity index (χ2v) is 5.44. The first-order chi connectivity index (χ1) is 7.97. The van der Waals surface area contributed by atoms with Gasteiger partial charge in [-0.1, -0.05) is 24.3 Å². The standard InChI is InChI=1S/C15H26N2/c1-13-8-6-7-9-14(13)10-11-17(5)15(2,3)12-16-4/h6-9,16H,10-12H2,1-5H3. The molecule has 0 saturated heterocycles. The Morgan fingerprint density at radius 2 is 1.88 bits per heavy atom. The largest absolute Gasteiger partial charge is 0.318 e. The Morgan fingerprint density at radius 3 is 2.47 bits per heavy atom. The van der Waals surface area contributed by atoms with Crippen molar-refractivity contribution in [3.63, 3.8) is 0 Å². The van der Waals surface area contributed by atoms with E-state index in [0.29, 0.717) is 0 Å². The second kappa shape index (κ2) is 6.18. The number of hydrogen-bond acceptors (Lipinski definition) is 2. The third-order valence-corrected chi connectivity index (χ3v) is 3.62. The summed E-state index contributed by atoms with van der Waals surface area (Å²) in [5.41, 5.74) is 3.06. The van der Waals surface area contributed by atoms with Gasteiger partial charge in [0.05, 0.1) is 0 Å². The number of hydrogen-bond donors (Lipinski definition) is 1. The molecule has 0 aliphatic carbocycles. The fraction of sp³-hybridized carbons (Fsp3) is 0.600. The van der Waals surface area contributed by atoms with Gasteiger partial charge < -0.3 is 5.32 Å². The van der Waals surface area contributed by atoms with Crippen LogP contribution in [0.15, 0.2) is 24.3 Å². The molecule has 1 rings (SSSR count). The van der Waals surface area contributed by atoms with Crippen LogP contribution in [0.5, 0.6) is 0 Å². The second-order valence-electron chi connectivity index (χ2n) is 5.44. The fourth-order valence-electron chi connectivity index (χ4n) is 2.05. The Balaban J connectivity index is 2.54. The molecule has 0 unspecified atom stereocenters. The maximum Gasteiger partial charge on any atom is 0.0274 e. The summed E-state index contributed by atoms with van der Waals surface area (Å²) in [6.45, 7) is 8.85. The molecule has 0 saturated carbocycles. The minimum Gasteiger partial charge on any atom is -0.318 e. The minimum atomic E-state index is 0.206. The quantitative estimate of drug-likeness (QED) is 0.813. The first kappa shape index (κ1) is 14.2. The molecular formula is C15H26N2. The number of rotatable bonds is 6. The van der Waals surface area contributed by atoms with Crippen LogP contribution < -0.4 is 5.32 Å². The molecule has 1 aromatic rings. The van der Waals surface area contributed by atoms with Crippen molar-refractivity contribution in [1.29, 1.82) is 0 Å². The van der Waals surface area contributed by atoms with Gasteiger partial charge in [0, 0.05) is 18.6 Å². The normalized spacial score (nSPS) is 12.1. The summed E-state index contributed by atoms with van der Waals surface area (Å²) in [5.74, 6) is 0. The fourth-order valence-corrected chi connectivity index (χ4v) is 2.05. The summed E-state index contributed by atoms with van der Waals surface area (Å²) in [5, 5.41) is 3.26. The van der Waals surface area contributed by atoms with Gasteiger partial charge in [0.15, 0.2) is 0 Å². The lowest BCUT2D eigenvalue weighted by molar-refractivity contribution is 0.157. The maximum absolute atomic E-state index is 3.26. The lowest BCUT2D eigenvalue weighted by Crippen LogP contribution is -2.48. The van der Waals surface area contributed by atoms with E-state index in [0.717, 1.165) is 19.5 Å². The molecule has 0 fully saturated rings. The summed E-state index contributed by atoms with van der Waals surface area (Å²) in [6, 6.07) is 8.65. The average Bonchev–Trinajstić information content (AvgIpc) is 2.27. The van der Waals surface area contributed by atoms with Crippen LogP contribution in [0.4, 0.5) is 0 Å². The number of aryl methyl sites for hydroxylation is 1. The predicted molar refractivity (Wildman–Crippen MR) is 75.5 cm³/mol. The summed E-state index contributed by atoms with van der Waals surface area (Å²) < 4.78 is 0. The molecule has 0 heterocycles. The van der Waals surface area contributed by atoms with Gasteiger partial charge in [-0.2, -0.15) is 0 Å². The van der Waals surface area contributed by atoms with Crippen molar-refractivity contribution >= 4 is 0 Å². The van der Waals surface area contributed by atoms with Gasteiger partial charge in [0.25, 0.3) is 0 Å². The lowest BCUT2D eigenvalue weighted by atomic mass is 10.0. The third-order valence-electron chi connectivity index (χ3n) is 3.62. The maximum atomic E-state index is 3.26. The molecule has 1 N–H and O–H groups in total. The van der Waals surface area contributed by atoms with Crippen LogP contribution in [-0.2, 0) is 6.42 Å². The summed E-state index contributed by atoms with van der Waals surface area (Å²) in [6.07, 6.45) is 1.12. The topological polar surface area (TPSA) is 15.3 Å². The van der Waals surface area contributed by atoms with Crippen molar-refractivity contribution in [1.82, 2.24) is 10.2 Å². The van der Waals surface area contributed by atoms with Crippen LogP contribution in [0.3, 0.4) is 0 Å². The summed E-state index contributed by atoms with van der Waals surface area (Å²) in [4.78, 5) is 2.43. The first-order valence-electron chi connectivity index (χ1n) is 6.38. The minimum absolute atomic E-state index is 0.206. The average molecular weight is 234 g/mol. The molecule has 0 aliphatic heterocycles. The molecule has 0 aliphatic rings. The van der Waals surface area contributed by atoms with Crippen molar-refractivity contribution in [2.45, 2.75) is 32.7 Å². The highest BCUT2D eigenvalue weighted by Crippen LogP contribution is 2.13. The van der Waals surface area contributed by atoms with E-state index in [1.165, 1.54) is 11.1 Å². The zero-order valence-corrected chi connectivity index (χ0v) is 11.9. The van der Waals surface area contributed by atoms with Crippen LogP contribution >= 0.6 is 0 Å². The Kier molecular flexibility index (Phi) is 5.16. The molecule has 2 nitrogen and oxygen atoms in total. The highest BCUT2D eigenvalue weighted by atomic mass is 15.2. The van der Waals surface area contributed by atoms with Crippen LogP contribution in [0, 0.1) is 6.92 Å². The zero-order chi connectivity index (χ0) is 12.9. The van der Waals surface area contributed by atoms with E-state index in [1.807, 2.05) is 7.05 Å². The van der Waals surface area contributed by atoms with Gasteiger partial charge in [0.1, 0.15) is 0 Å². The Bertz CT molecular complexity index is 345. The summed E-state index contributed by atoms with van der Waals surface area (Å²) >= 11 is 0. The molecule has 0 radical (unpaired) electrons. The Morgan fingerprint density at radius 1 is 1.24 bits per heavy atom. The third kappa shape index (κ3) is 4.14. The van der Waals surface area contributed by atoms with E-state index in [1.54, 1.807) is 0 Å². The first-order valence-corrected chi connectivity index (χ1v) is 6.38. The molecule has 0 bridgehead atoms. The monoisotopic (exact) mass is 234 g/mol. The Labute approximate surface area is 106 Å². The van der Waals surface area contributed by atoms with Gasteiger partial charge >= 0.3 is 0 Å². The summed E-state index contributed by atoms with van der Waals surface area (Å²) in [7, 11) is 4.21. The molecule has 0 spiro atoms. The van der Waals surface area contributed by atoms with E-state index >= 15 is 0 Å². The van der Waals surface area contributed by atoms with Gasteiger partial charge in [-0.3, -0.25) is 4.90 Å². The molecule has 96 valence electrons. The van der Waals surface area contributed by atoms with Crippen molar-refractivity contribution < 1.29 is 0 Å². The van der Waals surface area contributed by atoms with Crippen LogP contribution in [0.25, 0.3) is 0 Å². The van der Waals surface area contributed by atoms with Crippen LogP contribution in [0.2, 0.25) is 0 Å². The Hall–Kier alpha value is -0.860. The number of benzene rings is 1. The van der Waals surface area contributed by atoms with Crippen molar-refractivity contribution in [2.75, 3.05) is 27.2 Å². The van der Waals surface area contributed by atoms with E-state index in [2.05, 4.69) is 62.3 Å². The molecule has 0 aromatic heterocycles. The lowest BCUT2D eigenvalue weighted by Gasteiger charge is -2.35. The molecular weight excluding hydrogens is 208 g/mol. The van der Waals surface area contributed by atoms with E-state index in [-0.39, 0.29) is 5.54 Å². The SMILES string of the molecule is CNCC(C)(C)N(C)CCc1ccccc1C. The number of likely N-dealkylation sites (N-methyl/N-ethyl adjacent to an activating group) is 2. The van der Waals surface area contributed by atoms with Crippen molar-refractivity contribution in [2.24, 2.45) is 0 Å². The van der Waals surface area contributed by atoms with E-state index in [4.69, 9.17) is 0 Å². The van der Waals surface area contributed by atoms with Crippen LogP contribution in [-0.4, -0.2) is 37.6 Å². The number of nitrogens with one attached hydrogen (secondary N) is 1. The van der Waals surface area contributed by atoms with Crippen molar-refractivity contribution in [3.8, 4) is 0 Å². The van der Waals surface area contributed by atoms with Crippen molar-refractivity contribution in [3.05, 3.63) is 35.4 Å². The smallest absolute Gasteiger partial charge is 0.0274 e. The van der Waals surface area contributed by atoms with Crippen LogP contribution in [0.1, 0.15) is 25.0 Å². The van der Waals surface area contributed by atoms with E-state index < -0.39 is 0 Å². The van der Waals surface area contributed by atoms with Gasteiger partial charge in [-0.05, 0) is 52.4 Å². The predicted octanol–water partition coefficient (Wildman–Crippen LogP) is 2.47. The van der Waals surface area contributed by atoms with Gasteiger partial charge in [-0.15, -0.1) is 0 Å². The molecule has 0 amide bonds. The molecule has 2 heteroatoms. The molecule has 17 heavy (non-hydrogen) atoms. The van der Waals surface area contributed by atoms with Gasteiger partial charge in [0.2, 0.25) is 0 Å². The van der Waals surface area contributed by atoms with Gasteiger partial charge in [-0.25, -0.2) is 0 Å². The highest BCUT2D eigenvalue weighted by Gasteiger charge is 2.21. The molecule has 1 aromatic carbocycles.